The van der Waals surface area contributed by atoms with Crippen molar-refractivity contribution in [3.63, 3.8) is 0 Å². The van der Waals surface area contributed by atoms with Gasteiger partial charge in [0.2, 0.25) is 5.91 Å². The van der Waals surface area contributed by atoms with Gasteiger partial charge in [0.05, 0.1) is 12.6 Å². The van der Waals surface area contributed by atoms with E-state index in [0.29, 0.717) is 18.1 Å². The Morgan fingerprint density at radius 1 is 1.61 bits per heavy atom. The van der Waals surface area contributed by atoms with Crippen LogP contribution in [-0.4, -0.2) is 53.7 Å². The molecule has 0 aliphatic carbocycles. The Labute approximate surface area is 114 Å². The first-order valence-electron chi connectivity index (χ1n) is 6.41. The topological polar surface area (TPSA) is 67.6 Å². The van der Waals surface area contributed by atoms with Crippen LogP contribution in [0.4, 0.5) is 0 Å². The van der Waals surface area contributed by atoms with Crippen molar-refractivity contribution in [1.29, 1.82) is 0 Å². The van der Waals surface area contributed by atoms with E-state index in [9.17, 15) is 4.79 Å². The number of thiocarbonyl (C=S) groups is 1. The predicted octanol–water partition coefficient (Wildman–Crippen LogP) is 0.277. The largest absolute Gasteiger partial charge is 0.391 e. The monoisotopic (exact) mass is 273 g/mol. The second-order valence-electron chi connectivity index (χ2n) is 4.75. The molecule has 18 heavy (non-hydrogen) atoms. The molecular weight excluding hydrogens is 250 g/mol. The number of amides is 1. The second-order valence-corrected chi connectivity index (χ2v) is 5.22. The van der Waals surface area contributed by atoms with Gasteiger partial charge in [0.15, 0.2) is 0 Å². The van der Waals surface area contributed by atoms with Crippen LogP contribution in [0, 0.1) is 0 Å². The summed E-state index contributed by atoms with van der Waals surface area (Å²) >= 11 is 4.93. The zero-order valence-electron chi connectivity index (χ0n) is 11.3. The lowest BCUT2D eigenvalue weighted by Gasteiger charge is -2.36. The molecule has 1 rings (SSSR count). The number of ether oxygens (including phenoxy) is 1. The van der Waals surface area contributed by atoms with E-state index in [0.717, 1.165) is 13.0 Å². The Balaban J connectivity index is 2.52. The average Bonchev–Trinajstić information content (AvgIpc) is 2.37. The summed E-state index contributed by atoms with van der Waals surface area (Å²) in [5.74, 6) is 0.0490. The minimum atomic E-state index is -0.243. The van der Waals surface area contributed by atoms with Crippen LogP contribution in [0.25, 0.3) is 0 Å². The van der Waals surface area contributed by atoms with Crippen molar-refractivity contribution in [2.45, 2.75) is 45.4 Å². The van der Waals surface area contributed by atoms with Crippen LogP contribution in [0.2, 0.25) is 0 Å². The van der Waals surface area contributed by atoms with Crippen molar-refractivity contribution in [2.24, 2.45) is 5.73 Å². The summed E-state index contributed by atoms with van der Waals surface area (Å²) in [6, 6.07) is 0.0205. The van der Waals surface area contributed by atoms with E-state index < -0.39 is 0 Å². The summed E-state index contributed by atoms with van der Waals surface area (Å²) in [4.78, 5) is 14.4. The molecule has 3 unspecified atom stereocenters. The number of carbonyl (C=O) groups excluding carboxylic acids is 1. The maximum atomic E-state index is 12.0. The number of carbonyl (C=O) groups is 1. The summed E-state index contributed by atoms with van der Waals surface area (Å²) in [7, 11) is 0. The van der Waals surface area contributed by atoms with Crippen LogP contribution in [0.15, 0.2) is 0 Å². The Morgan fingerprint density at radius 3 is 2.83 bits per heavy atom. The van der Waals surface area contributed by atoms with Crippen LogP contribution >= 0.6 is 12.2 Å². The highest BCUT2D eigenvalue weighted by molar-refractivity contribution is 7.80. The van der Waals surface area contributed by atoms with Gasteiger partial charge >= 0.3 is 0 Å². The molecule has 1 amide bonds. The van der Waals surface area contributed by atoms with Crippen molar-refractivity contribution in [3.05, 3.63) is 0 Å². The third-order valence-corrected chi connectivity index (χ3v) is 3.61. The van der Waals surface area contributed by atoms with Crippen LogP contribution in [0.3, 0.4) is 0 Å². The lowest BCUT2D eigenvalue weighted by atomic mass is 10.1. The smallest absolute Gasteiger partial charge is 0.237 e. The van der Waals surface area contributed by atoms with E-state index in [1.807, 2.05) is 20.8 Å². The summed E-state index contributed by atoms with van der Waals surface area (Å²) in [6.07, 6.45) is 0.685. The predicted molar refractivity (Wildman–Crippen MR) is 75.5 cm³/mol. The van der Waals surface area contributed by atoms with Gasteiger partial charge in [0.1, 0.15) is 11.1 Å². The third-order valence-electron chi connectivity index (χ3n) is 3.34. The molecule has 5 nitrogen and oxygen atoms in total. The van der Waals surface area contributed by atoms with Crippen molar-refractivity contribution in [2.75, 3.05) is 19.7 Å². The molecule has 0 radical (unpaired) electrons. The minimum absolute atomic E-state index is 0.0490. The molecule has 1 aliphatic heterocycles. The lowest BCUT2D eigenvalue weighted by Crippen LogP contribution is -2.55. The van der Waals surface area contributed by atoms with Crippen LogP contribution < -0.4 is 11.1 Å². The zero-order valence-corrected chi connectivity index (χ0v) is 12.1. The summed E-state index contributed by atoms with van der Waals surface area (Å²) in [6.45, 7) is 7.83. The number of hydrogen-bond donors (Lipinski definition) is 2. The molecule has 0 aromatic heterocycles. The molecule has 3 N–H and O–H groups in total. The first kappa shape index (κ1) is 15.3. The number of nitrogens with one attached hydrogen (secondary N) is 1. The van der Waals surface area contributed by atoms with Crippen LogP contribution in [-0.2, 0) is 9.53 Å². The Morgan fingerprint density at radius 2 is 2.28 bits per heavy atom. The van der Waals surface area contributed by atoms with Gasteiger partial charge in [0, 0.05) is 19.1 Å². The molecule has 0 aromatic carbocycles. The number of morpholine rings is 1. The molecule has 6 heteroatoms. The highest BCUT2D eigenvalue weighted by Crippen LogP contribution is 2.10. The van der Waals surface area contributed by atoms with Gasteiger partial charge in [0.25, 0.3) is 0 Å². The molecule has 1 saturated heterocycles. The third kappa shape index (κ3) is 4.19. The van der Waals surface area contributed by atoms with Gasteiger partial charge in [-0.1, -0.05) is 19.1 Å². The summed E-state index contributed by atoms with van der Waals surface area (Å²) in [5.41, 5.74) is 5.59. The molecule has 1 heterocycles. The molecule has 1 aliphatic rings. The number of rotatable bonds is 5. The van der Waals surface area contributed by atoms with E-state index in [-0.39, 0.29) is 24.1 Å². The summed E-state index contributed by atoms with van der Waals surface area (Å²) in [5, 5.41) is 2.99. The number of nitrogens with two attached hydrogens (primary N) is 1. The Kier molecular flexibility index (Phi) is 5.98. The van der Waals surface area contributed by atoms with Gasteiger partial charge in [-0.15, -0.1) is 0 Å². The molecule has 1 fully saturated rings. The fraction of sp³-hybridized carbons (Fsp3) is 0.833. The van der Waals surface area contributed by atoms with Crippen LogP contribution in [0.1, 0.15) is 27.2 Å². The standard InChI is InChI=1S/C12H23N3O2S/c1-4-8(2)14-12(16)9(3)15-5-6-17-10(7-15)11(13)18/h8-10H,4-7H2,1-3H3,(H2,13,18)(H,14,16). The van der Waals surface area contributed by atoms with E-state index in [2.05, 4.69) is 10.2 Å². The van der Waals surface area contributed by atoms with E-state index >= 15 is 0 Å². The Bertz CT molecular complexity index is 312. The van der Waals surface area contributed by atoms with Gasteiger partial charge in [-0.05, 0) is 20.3 Å². The second kappa shape index (κ2) is 7.01. The molecule has 3 atom stereocenters. The first-order chi connectivity index (χ1) is 8.45. The van der Waals surface area contributed by atoms with E-state index in [1.165, 1.54) is 0 Å². The minimum Gasteiger partial charge on any atom is -0.391 e. The SMILES string of the molecule is CCC(C)NC(=O)C(C)N1CCOC(C(N)=S)C1. The molecule has 104 valence electrons. The lowest BCUT2D eigenvalue weighted by molar-refractivity contribution is -0.128. The molecule has 0 saturated carbocycles. The molecule has 0 bridgehead atoms. The van der Waals surface area contributed by atoms with Gasteiger partial charge in [-0.2, -0.15) is 0 Å². The molecule has 0 aromatic rings. The zero-order chi connectivity index (χ0) is 13.7. The first-order valence-corrected chi connectivity index (χ1v) is 6.81. The molecule has 0 spiro atoms. The van der Waals surface area contributed by atoms with Gasteiger partial charge in [-0.25, -0.2) is 0 Å². The maximum Gasteiger partial charge on any atom is 0.237 e. The van der Waals surface area contributed by atoms with Crippen molar-refractivity contribution in [1.82, 2.24) is 10.2 Å². The summed E-state index contributed by atoms with van der Waals surface area (Å²) < 4.78 is 5.46. The maximum absolute atomic E-state index is 12.0. The van der Waals surface area contributed by atoms with E-state index in [4.69, 9.17) is 22.7 Å². The normalized spacial score (nSPS) is 24.3. The quantitative estimate of drug-likeness (QED) is 0.704. The van der Waals surface area contributed by atoms with Crippen molar-refractivity contribution in [3.8, 4) is 0 Å². The van der Waals surface area contributed by atoms with Gasteiger partial charge < -0.3 is 15.8 Å². The molecular formula is C12H23N3O2S. The number of nitrogens with zero attached hydrogens (tertiary/aromatic N) is 1. The van der Waals surface area contributed by atoms with Crippen molar-refractivity contribution < 1.29 is 9.53 Å². The van der Waals surface area contributed by atoms with E-state index in [1.54, 1.807) is 0 Å². The highest BCUT2D eigenvalue weighted by Gasteiger charge is 2.29. The van der Waals surface area contributed by atoms with Crippen molar-refractivity contribution >= 4 is 23.1 Å². The highest BCUT2D eigenvalue weighted by atomic mass is 32.1. The number of hydrogen-bond acceptors (Lipinski definition) is 4. The fourth-order valence-corrected chi connectivity index (χ4v) is 1.97. The van der Waals surface area contributed by atoms with Crippen LogP contribution in [0.5, 0.6) is 0 Å². The van der Waals surface area contributed by atoms with Gasteiger partial charge in [-0.3, -0.25) is 9.69 Å². The fourth-order valence-electron chi connectivity index (χ4n) is 1.82. The Hall–Kier alpha value is -0.720. The average molecular weight is 273 g/mol.